The van der Waals surface area contributed by atoms with E-state index in [1.165, 1.54) is 0 Å². The van der Waals surface area contributed by atoms with Gasteiger partial charge in [0, 0.05) is 11.8 Å². The molecule has 0 aliphatic rings. The van der Waals surface area contributed by atoms with Crippen LogP contribution in [0, 0.1) is 0 Å². The topological polar surface area (TPSA) is 54.4 Å². The fraction of sp³-hybridized carbons (Fsp3) is 0.667. The van der Waals surface area contributed by atoms with Gasteiger partial charge in [0.05, 0.1) is 17.9 Å². The Morgan fingerprint density at radius 3 is 2.74 bits per heavy atom. The van der Waals surface area contributed by atoms with Crippen LogP contribution in [0.25, 0.3) is 0 Å². The molecule has 1 unspecified atom stereocenters. The molecular formula is C15H26N2O2. The Hall–Kier alpha value is -1.13. The van der Waals surface area contributed by atoms with Gasteiger partial charge in [0.1, 0.15) is 5.75 Å². The first-order chi connectivity index (χ1) is 8.95. The van der Waals surface area contributed by atoms with Crippen LogP contribution in [0.1, 0.15) is 46.1 Å². The number of aromatic nitrogens is 1. The van der Waals surface area contributed by atoms with Crippen molar-refractivity contribution in [1.29, 1.82) is 0 Å². The van der Waals surface area contributed by atoms with Crippen molar-refractivity contribution in [1.82, 2.24) is 10.3 Å². The van der Waals surface area contributed by atoms with Gasteiger partial charge in [-0.2, -0.15) is 0 Å². The summed E-state index contributed by atoms with van der Waals surface area (Å²) in [6.07, 6.45) is 5.23. The van der Waals surface area contributed by atoms with Crippen LogP contribution in [0.15, 0.2) is 18.5 Å². The molecular weight excluding hydrogens is 240 g/mol. The van der Waals surface area contributed by atoms with Crippen molar-refractivity contribution in [2.75, 3.05) is 13.1 Å². The summed E-state index contributed by atoms with van der Waals surface area (Å²) in [7, 11) is 0. The standard InChI is InChI=1S/C15H26N2O2/c1-5-7-16-8-6-15(4,18)13-9-14(11-17-10-13)19-12(2)3/h9-12,16,18H,5-8H2,1-4H3. The van der Waals surface area contributed by atoms with Crippen molar-refractivity contribution in [3.05, 3.63) is 24.0 Å². The van der Waals surface area contributed by atoms with Crippen LogP contribution in [0.4, 0.5) is 0 Å². The molecule has 0 fully saturated rings. The van der Waals surface area contributed by atoms with Crippen LogP contribution < -0.4 is 10.1 Å². The fourth-order valence-corrected chi connectivity index (χ4v) is 1.83. The number of hydrogen-bond donors (Lipinski definition) is 2. The summed E-state index contributed by atoms with van der Waals surface area (Å²) in [5.41, 5.74) is -0.0895. The predicted octanol–water partition coefficient (Wildman–Crippen LogP) is 2.47. The quantitative estimate of drug-likeness (QED) is 0.710. The lowest BCUT2D eigenvalue weighted by molar-refractivity contribution is 0.0473. The van der Waals surface area contributed by atoms with Crippen LogP contribution in [0.2, 0.25) is 0 Å². The van der Waals surface area contributed by atoms with E-state index in [2.05, 4.69) is 17.2 Å². The van der Waals surface area contributed by atoms with E-state index in [4.69, 9.17) is 4.74 Å². The molecule has 1 rings (SSSR count). The highest BCUT2D eigenvalue weighted by molar-refractivity contribution is 5.27. The molecule has 2 N–H and O–H groups in total. The fourth-order valence-electron chi connectivity index (χ4n) is 1.83. The smallest absolute Gasteiger partial charge is 0.138 e. The molecule has 0 aliphatic carbocycles. The summed E-state index contributed by atoms with van der Waals surface area (Å²) < 4.78 is 5.60. The van der Waals surface area contributed by atoms with E-state index < -0.39 is 5.60 Å². The third kappa shape index (κ3) is 5.57. The minimum atomic E-state index is -0.885. The van der Waals surface area contributed by atoms with Gasteiger partial charge in [-0.3, -0.25) is 4.98 Å². The van der Waals surface area contributed by atoms with Crippen LogP contribution in [-0.4, -0.2) is 29.3 Å². The van der Waals surface area contributed by atoms with Crippen molar-refractivity contribution in [3.63, 3.8) is 0 Å². The zero-order chi connectivity index (χ0) is 14.3. The molecule has 0 aliphatic heterocycles. The second-order valence-corrected chi connectivity index (χ2v) is 5.35. The number of nitrogens with one attached hydrogen (secondary N) is 1. The molecule has 0 aromatic carbocycles. The van der Waals surface area contributed by atoms with Crippen LogP contribution in [-0.2, 0) is 5.60 Å². The lowest BCUT2D eigenvalue weighted by atomic mass is 9.94. The number of hydrogen-bond acceptors (Lipinski definition) is 4. The molecule has 19 heavy (non-hydrogen) atoms. The Kier molecular flexibility index (Phi) is 6.25. The summed E-state index contributed by atoms with van der Waals surface area (Å²) in [6.45, 7) is 9.65. The molecule has 4 heteroatoms. The molecule has 108 valence electrons. The SMILES string of the molecule is CCCNCCC(C)(O)c1cncc(OC(C)C)c1. The van der Waals surface area contributed by atoms with E-state index in [1.54, 1.807) is 12.4 Å². The van der Waals surface area contributed by atoms with Crippen molar-refractivity contribution < 1.29 is 9.84 Å². The molecule has 1 aromatic heterocycles. The van der Waals surface area contributed by atoms with E-state index in [1.807, 2.05) is 26.8 Å². The molecule has 0 spiro atoms. The van der Waals surface area contributed by atoms with Crippen molar-refractivity contribution in [2.24, 2.45) is 0 Å². The molecule has 4 nitrogen and oxygen atoms in total. The maximum atomic E-state index is 10.5. The minimum absolute atomic E-state index is 0.105. The summed E-state index contributed by atoms with van der Waals surface area (Å²) in [6, 6.07) is 1.87. The molecule has 1 atom stereocenters. The third-order valence-electron chi connectivity index (χ3n) is 2.92. The first-order valence-electron chi connectivity index (χ1n) is 7.01. The highest BCUT2D eigenvalue weighted by Gasteiger charge is 2.23. The Balaban J connectivity index is 2.65. The second-order valence-electron chi connectivity index (χ2n) is 5.35. The van der Waals surface area contributed by atoms with E-state index in [0.29, 0.717) is 12.2 Å². The van der Waals surface area contributed by atoms with Gasteiger partial charge in [0.25, 0.3) is 0 Å². The van der Waals surface area contributed by atoms with Gasteiger partial charge in [-0.05, 0) is 52.8 Å². The molecule has 0 saturated heterocycles. The first-order valence-corrected chi connectivity index (χ1v) is 7.01. The van der Waals surface area contributed by atoms with Crippen LogP contribution in [0.5, 0.6) is 5.75 Å². The van der Waals surface area contributed by atoms with E-state index in [-0.39, 0.29) is 6.10 Å². The number of aliphatic hydroxyl groups is 1. The first kappa shape index (κ1) is 15.9. The normalized spacial score (nSPS) is 14.4. The maximum absolute atomic E-state index is 10.5. The van der Waals surface area contributed by atoms with Crippen LogP contribution in [0.3, 0.4) is 0 Å². The number of rotatable bonds is 8. The lowest BCUT2D eigenvalue weighted by Gasteiger charge is -2.24. The highest BCUT2D eigenvalue weighted by Crippen LogP contribution is 2.26. The van der Waals surface area contributed by atoms with E-state index in [0.717, 1.165) is 25.1 Å². The summed E-state index contributed by atoms with van der Waals surface area (Å²) in [4.78, 5) is 4.14. The van der Waals surface area contributed by atoms with Gasteiger partial charge in [-0.25, -0.2) is 0 Å². The van der Waals surface area contributed by atoms with E-state index >= 15 is 0 Å². The zero-order valence-corrected chi connectivity index (χ0v) is 12.4. The molecule has 0 bridgehead atoms. The Morgan fingerprint density at radius 1 is 1.37 bits per heavy atom. The number of nitrogens with zero attached hydrogens (tertiary/aromatic N) is 1. The number of ether oxygens (including phenoxy) is 1. The van der Waals surface area contributed by atoms with Gasteiger partial charge < -0.3 is 15.2 Å². The largest absolute Gasteiger partial charge is 0.489 e. The average Bonchev–Trinajstić information content (AvgIpc) is 2.34. The lowest BCUT2D eigenvalue weighted by Crippen LogP contribution is -2.28. The molecule has 1 aromatic rings. The van der Waals surface area contributed by atoms with Crippen molar-refractivity contribution >= 4 is 0 Å². The predicted molar refractivity (Wildman–Crippen MR) is 77.3 cm³/mol. The highest BCUT2D eigenvalue weighted by atomic mass is 16.5. The third-order valence-corrected chi connectivity index (χ3v) is 2.92. The maximum Gasteiger partial charge on any atom is 0.138 e. The van der Waals surface area contributed by atoms with Gasteiger partial charge >= 0.3 is 0 Å². The molecule has 0 saturated carbocycles. The Bertz CT molecular complexity index is 378. The molecule has 1 heterocycles. The van der Waals surface area contributed by atoms with Gasteiger partial charge in [0.15, 0.2) is 0 Å². The van der Waals surface area contributed by atoms with E-state index in [9.17, 15) is 5.11 Å². The minimum Gasteiger partial charge on any atom is -0.489 e. The monoisotopic (exact) mass is 266 g/mol. The molecule has 0 radical (unpaired) electrons. The molecule has 0 amide bonds. The zero-order valence-electron chi connectivity index (χ0n) is 12.4. The summed E-state index contributed by atoms with van der Waals surface area (Å²) in [5, 5.41) is 13.8. The number of pyridine rings is 1. The Labute approximate surface area is 116 Å². The second kappa shape index (κ2) is 7.46. The van der Waals surface area contributed by atoms with Gasteiger partial charge in [-0.15, -0.1) is 0 Å². The van der Waals surface area contributed by atoms with Gasteiger partial charge in [-0.1, -0.05) is 6.92 Å². The average molecular weight is 266 g/mol. The summed E-state index contributed by atoms with van der Waals surface area (Å²) >= 11 is 0. The van der Waals surface area contributed by atoms with Crippen molar-refractivity contribution in [3.8, 4) is 5.75 Å². The van der Waals surface area contributed by atoms with Crippen molar-refractivity contribution in [2.45, 2.75) is 52.2 Å². The Morgan fingerprint density at radius 2 is 2.11 bits per heavy atom. The van der Waals surface area contributed by atoms with Crippen LogP contribution >= 0.6 is 0 Å². The van der Waals surface area contributed by atoms with Gasteiger partial charge in [0.2, 0.25) is 0 Å². The summed E-state index contributed by atoms with van der Waals surface area (Å²) in [5.74, 6) is 0.703.